The Balaban J connectivity index is 1.73. The van der Waals surface area contributed by atoms with Crippen LogP contribution in [0.2, 0.25) is 0 Å². The zero-order valence-corrected chi connectivity index (χ0v) is 11.8. The van der Waals surface area contributed by atoms with Crippen molar-refractivity contribution in [2.75, 3.05) is 20.2 Å². The summed E-state index contributed by atoms with van der Waals surface area (Å²) in [5, 5.41) is 3.66. The number of rotatable bonds is 2. The van der Waals surface area contributed by atoms with Gasteiger partial charge in [-0.05, 0) is 12.5 Å². The number of benzene rings is 1. The molecule has 1 fully saturated rings. The standard InChI is InChI=1S/C15H17N3O3/c1-21-15(20)17-10-6-7-18(9-10)14(19)12-8-16-13-5-3-2-4-11(12)13/h2-5,8,10,16H,6-7,9H2,1H3,(H,17,20). The first-order valence-electron chi connectivity index (χ1n) is 6.89. The third-order valence-corrected chi connectivity index (χ3v) is 3.80. The molecule has 0 saturated carbocycles. The molecule has 0 spiro atoms. The number of hydrogen-bond acceptors (Lipinski definition) is 3. The molecule has 110 valence electrons. The van der Waals surface area contributed by atoms with Crippen molar-refractivity contribution in [2.24, 2.45) is 0 Å². The minimum atomic E-state index is -0.457. The average Bonchev–Trinajstić information content (AvgIpc) is 3.13. The Labute approximate surface area is 122 Å². The maximum Gasteiger partial charge on any atom is 0.407 e. The monoisotopic (exact) mass is 287 g/mol. The Morgan fingerprint density at radius 2 is 2.19 bits per heavy atom. The fraction of sp³-hybridized carbons (Fsp3) is 0.333. The predicted molar refractivity (Wildman–Crippen MR) is 78.1 cm³/mol. The fourth-order valence-electron chi connectivity index (χ4n) is 2.71. The van der Waals surface area contributed by atoms with Crippen LogP contribution in [0.5, 0.6) is 0 Å². The second kappa shape index (κ2) is 5.47. The number of para-hydroxylation sites is 1. The number of aromatic amines is 1. The van der Waals surface area contributed by atoms with Crippen molar-refractivity contribution in [1.29, 1.82) is 0 Å². The van der Waals surface area contributed by atoms with Crippen LogP contribution < -0.4 is 5.32 Å². The first-order chi connectivity index (χ1) is 10.2. The Kier molecular flexibility index (Phi) is 3.51. The van der Waals surface area contributed by atoms with E-state index in [2.05, 4.69) is 15.0 Å². The minimum absolute atomic E-state index is 0.0124. The molecule has 1 saturated heterocycles. The highest BCUT2D eigenvalue weighted by Gasteiger charge is 2.29. The quantitative estimate of drug-likeness (QED) is 0.883. The Bertz CT molecular complexity index is 680. The van der Waals surface area contributed by atoms with Crippen LogP contribution in [-0.4, -0.2) is 48.1 Å². The summed E-state index contributed by atoms with van der Waals surface area (Å²) in [5.74, 6) is -0.0124. The van der Waals surface area contributed by atoms with Gasteiger partial charge in [-0.2, -0.15) is 0 Å². The molecule has 3 rings (SSSR count). The third kappa shape index (κ3) is 2.56. The molecular weight excluding hydrogens is 270 g/mol. The van der Waals surface area contributed by atoms with Crippen molar-refractivity contribution in [3.63, 3.8) is 0 Å². The van der Waals surface area contributed by atoms with Gasteiger partial charge in [0.25, 0.3) is 5.91 Å². The molecule has 2 aromatic rings. The number of likely N-dealkylation sites (tertiary alicyclic amines) is 1. The Morgan fingerprint density at radius 1 is 1.38 bits per heavy atom. The topological polar surface area (TPSA) is 74.4 Å². The molecule has 1 aliphatic rings. The second-order valence-electron chi connectivity index (χ2n) is 5.12. The summed E-state index contributed by atoms with van der Waals surface area (Å²) in [7, 11) is 1.33. The lowest BCUT2D eigenvalue weighted by Crippen LogP contribution is -2.38. The largest absolute Gasteiger partial charge is 0.453 e. The van der Waals surface area contributed by atoms with E-state index >= 15 is 0 Å². The van der Waals surface area contributed by atoms with Crippen molar-refractivity contribution in [1.82, 2.24) is 15.2 Å². The van der Waals surface area contributed by atoms with Crippen LogP contribution in [0.4, 0.5) is 4.79 Å². The number of aromatic nitrogens is 1. The van der Waals surface area contributed by atoms with Crippen molar-refractivity contribution >= 4 is 22.9 Å². The van der Waals surface area contributed by atoms with Crippen molar-refractivity contribution < 1.29 is 14.3 Å². The number of fused-ring (bicyclic) bond motifs is 1. The van der Waals surface area contributed by atoms with Crippen molar-refractivity contribution in [3.05, 3.63) is 36.0 Å². The maximum atomic E-state index is 12.6. The molecular formula is C15H17N3O3. The molecule has 1 aromatic carbocycles. The summed E-state index contributed by atoms with van der Waals surface area (Å²) in [4.78, 5) is 28.7. The van der Waals surface area contributed by atoms with Gasteiger partial charge < -0.3 is 19.9 Å². The number of methoxy groups -OCH3 is 1. The molecule has 0 aliphatic carbocycles. The number of hydrogen-bond donors (Lipinski definition) is 2. The van der Waals surface area contributed by atoms with Crippen LogP contribution in [0.3, 0.4) is 0 Å². The zero-order chi connectivity index (χ0) is 14.8. The van der Waals surface area contributed by atoms with Crippen LogP contribution in [0.15, 0.2) is 30.5 Å². The lowest BCUT2D eigenvalue weighted by Gasteiger charge is -2.16. The lowest BCUT2D eigenvalue weighted by atomic mass is 10.1. The first kappa shape index (κ1) is 13.5. The van der Waals surface area contributed by atoms with Crippen molar-refractivity contribution in [2.45, 2.75) is 12.5 Å². The number of carbonyl (C=O) groups excluding carboxylic acids is 2. The average molecular weight is 287 g/mol. The number of nitrogens with zero attached hydrogens (tertiary/aromatic N) is 1. The van der Waals surface area contributed by atoms with E-state index in [0.717, 1.165) is 17.3 Å². The molecule has 0 radical (unpaired) electrons. The van der Waals surface area contributed by atoms with E-state index in [0.29, 0.717) is 18.7 Å². The molecule has 2 N–H and O–H groups in total. The number of alkyl carbamates (subject to hydrolysis) is 1. The molecule has 1 unspecified atom stereocenters. The van der Waals surface area contributed by atoms with Crippen LogP contribution in [-0.2, 0) is 4.74 Å². The summed E-state index contributed by atoms with van der Waals surface area (Å²) in [6.45, 7) is 1.14. The Morgan fingerprint density at radius 3 is 3.00 bits per heavy atom. The summed E-state index contributed by atoms with van der Waals surface area (Å²) < 4.78 is 4.58. The van der Waals surface area contributed by atoms with Gasteiger partial charge in [0.1, 0.15) is 0 Å². The van der Waals surface area contributed by atoms with Crippen LogP contribution in [0, 0.1) is 0 Å². The molecule has 21 heavy (non-hydrogen) atoms. The summed E-state index contributed by atoms with van der Waals surface area (Å²) in [5.41, 5.74) is 1.62. The molecule has 2 heterocycles. The van der Waals surface area contributed by atoms with Gasteiger partial charge in [-0.1, -0.05) is 18.2 Å². The molecule has 1 atom stereocenters. The third-order valence-electron chi connectivity index (χ3n) is 3.80. The van der Waals surface area contributed by atoms with E-state index in [9.17, 15) is 9.59 Å². The molecule has 1 aliphatic heterocycles. The summed E-state index contributed by atoms with van der Waals surface area (Å²) in [6, 6.07) is 7.67. The highest BCUT2D eigenvalue weighted by atomic mass is 16.5. The van der Waals surface area contributed by atoms with Gasteiger partial charge in [0, 0.05) is 30.2 Å². The molecule has 2 amide bonds. The van der Waals surface area contributed by atoms with E-state index in [1.165, 1.54) is 7.11 Å². The number of carbonyl (C=O) groups is 2. The normalized spacial score (nSPS) is 18.0. The van der Waals surface area contributed by atoms with E-state index in [4.69, 9.17) is 0 Å². The number of ether oxygens (including phenoxy) is 1. The lowest BCUT2D eigenvalue weighted by molar-refractivity contribution is 0.0790. The van der Waals surface area contributed by atoms with E-state index in [-0.39, 0.29) is 11.9 Å². The Hall–Kier alpha value is -2.50. The predicted octanol–water partition coefficient (Wildman–Crippen LogP) is 1.74. The van der Waals surface area contributed by atoms with Crippen LogP contribution in [0.1, 0.15) is 16.8 Å². The molecule has 0 bridgehead atoms. The van der Waals surface area contributed by atoms with Gasteiger partial charge in [0.2, 0.25) is 0 Å². The fourth-order valence-corrected chi connectivity index (χ4v) is 2.71. The maximum absolute atomic E-state index is 12.6. The first-order valence-corrected chi connectivity index (χ1v) is 6.89. The summed E-state index contributed by atoms with van der Waals surface area (Å²) >= 11 is 0. The van der Waals surface area contributed by atoms with Crippen LogP contribution >= 0.6 is 0 Å². The van der Waals surface area contributed by atoms with Gasteiger partial charge >= 0.3 is 6.09 Å². The van der Waals surface area contributed by atoms with Gasteiger partial charge in [0.05, 0.1) is 18.7 Å². The highest BCUT2D eigenvalue weighted by Crippen LogP contribution is 2.21. The minimum Gasteiger partial charge on any atom is -0.453 e. The SMILES string of the molecule is COC(=O)NC1CCN(C(=O)c2c[nH]c3ccccc23)C1. The summed E-state index contributed by atoms with van der Waals surface area (Å²) in [6.07, 6.45) is 2.03. The van der Waals surface area contributed by atoms with E-state index in [1.54, 1.807) is 11.1 Å². The van der Waals surface area contributed by atoms with E-state index < -0.39 is 6.09 Å². The number of amides is 2. The van der Waals surface area contributed by atoms with Crippen LogP contribution in [0.25, 0.3) is 10.9 Å². The molecule has 6 heteroatoms. The van der Waals surface area contributed by atoms with Gasteiger partial charge in [-0.25, -0.2) is 4.79 Å². The molecule has 1 aromatic heterocycles. The molecule has 6 nitrogen and oxygen atoms in total. The highest BCUT2D eigenvalue weighted by molar-refractivity contribution is 6.06. The number of nitrogens with one attached hydrogen (secondary N) is 2. The van der Waals surface area contributed by atoms with Gasteiger partial charge in [-0.3, -0.25) is 4.79 Å². The van der Waals surface area contributed by atoms with E-state index in [1.807, 2.05) is 24.3 Å². The second-order valence-corrected chi connectivity index (χ2v) is 5.12. The van der Waals surface area contributed by atoms with Gasteiger partial charge in [-0.15, -0.1) is 0 Å². The number of H-pyrrole nitrogens is 1. The van der Waals surface area contributed by atoms with Crippen molar-refractivity contribution in [3.8, 4) is 0 Å². The zero-order valence-electron chi connectivity index (χ0n) is 11.8. The van der Waals surface area contributed by atoms with Gasteiger partial charge in [0.15, 0.2) is 0 Å². The smallest absolute Gasteiger partial charge is 0.407 e.